The molecule has 3 amide bonds. The number of rotatable bonds is 7. The van der Waals surface area contributed by atoms with Gasteiger partial charge in [-0.15, -0.1) is 0 Å². The zero-order chi connectivity index (χ0) is 36.8. The Bertz CT molecular complexity index is 1970. The van der Waals surface area contributed by atoms with Crippen molar-refractivity contribution in [3.8, 4) is 17.1 Å². The lowest BCUT2D eigenvalue weighted by Crippen LogP contribution is -2.60. The van der Waals surface area contributed by atoms with E-state index < -0.39 is 29.9 Å². The molecule has 0 bridgehead atoms. The number of quaternary nitrogens is 1. The van der Waals surface area contributed by atoms with Crippen molar-refractivity contribution in [1.29, 1.82) is 0 Å². The smallest absolute Gasteiger partial charge is 0.387 e. The van der Waals surface area contributed by atoms with Gasteiger partial charge < -0.3 is 34.6 Å². The molecule has 2 saturated heterocycles. The second-order valence-electron chi connectivity index (χ2n) is 13.1. The number of hydrogen-bond acceptors (Lipinski definition) is 8. The number of aromatic nitrogens is 5. The fourth-order valence-electron chi connectivity index (χ4n) is 6.56. The first kappa shape index (κ1) is 35.8. The summed E-state index contributed by atoms with van der Waals surface area (Å²) in [5, 5.41) is 19.8. The summed E-state index contributed by atoms with van der Waals surface area (Å²) in [5.41, 5.74) is -0.380. The largest absolute Gasteiger partial charge is 0.435 e. The Morgan fingerprint density at radius 3 is 2.27 bits per heavy atom. The van der Waals surface area contributed by atoms with Crippen molar-refractivity contribution in [2.45, 2.75) is 24.7 Å². The van der Waals surface area contributed by atoms with Crippen LogP contribution in [0.1, 0.15) is 33.1 Å². The van der Waals surface area contributed by atoms with E-state index in [4.69, 9.17) is 11.6 Å². The van der Waals surface area contributed by atoms with Crippen LogP contribution < -0.4 is 10.6 Å². The Labute approximate surface area is 296 Å². The molecule has 51 heavy (non-hydrogen) atoms. The number of likely N-dealkylation sites (N-methyl/N-ethyl adjacent to an activating group) is 1. The van der Waals surface area contributed by atoms with Gasteiger partial charge in [0.2, 0.25) is 0 Å². The number of piperazine rings is 1. The predicted molar refractivity (Wildman–Crippen MR) is 181 cm³/mol. The van der Waals surface area contributed by atoms with Gasteiger partial charge in [0.15, 0.2) is 23.4 Å². The number of benzene rings is 1. The number of aliphatic hydroxyl groups is 1. The highest BCUT2D eigenvalue weighted by Crippen LogP contribution is 2.37. The Hall–Kier alpha value is -5.00. The monoisotopic (exact) mass is 729 g/mol. The number of carbonyl (C=O) groups excluding carboxylic acids is 3. The van der Waals surface area contributed by atoms with E-state index in [-0.39, 0.29) is 64.1 Å². The van der Waals surface area contributed by atoms with Gasteiger partial charge in [0.25, 0.3) is 17.7 Å². The molecule has 0 aliphatic carbocycles. The molecular weight excluding hydrogens is 693 g/mol. The maximum Gasteiger partial charge on any atom is 0.435 e. The Morgan fingerprint density at radius 1 is 1.00 bits per heavy atom. The number of imidazole rings is 1. The summed E-state index contributed by atoms with van der Waals surface area (Å²) < 4.78 is 44.9. The minimum absolute atomic E-state index is 0.00598. The molecule has 2 fully saturated rings. The number of carbonyl (C=O) groups is 3. The van der Waals surface area contributed by atoms with Gasteiger partial charge in [-0.1, -0.05) is 11.6 Å². The number of hydrogen-bond donors (Lipinski definition) is 3. The summed E-state index contributed by atoms with van der Waals surface area (Å²) in [4.78, 5) is 51.3. The second kappa shape index (κ2) is 13.6. The molecule has 18 heteroatoms. The van der Waals surface area contributed by atoms with E-state index in [0.29, 0.717) is 36.2 Å². The summed E-state index contributed by atoms with van der Waals surface area (Å²) in [7, 11) is 6.95. The van der Waals surface area contributed by atoms with Crippen molar-refractivity contribution in [2.75, 3.05) is 64.5 Å². The highest BCUT2D eigenvalue weighted by Gasteiger charge is 2.49. The van der Waals surface area contributed by atoms with Crippen LogP contribution in [0.5, 0.6) is 0 Å². The first-order valence-corrected chi connectivity index (χ1v) is 16.5. The normalized spacial score (nSPS) is 18.9. The van der Waals surface area contributed by atoms with E-state index in [1.807, 2.05) is 14.1 Å². The van der Waals surface area contributed by atoms with Crippen molar-refractivity contribution in [2.24, 2.45) is 7.05 Å². The summed E-state index contributed by atoms with van der Waals surface area (Å²) >= 11 is 6.49. The SMILES string of the molecule is CNc1ccc(-n2cc(-c3cnc(C(=O)Nc4ccc(C(=O)N5CCN(C(=O)[C@@H]6[C@@H](O)CC[N+]6(C)C)CC5)c(Cl)c4)n3C)c(C(F)(F)F)n2)nc1. The molecule has 0 saturated carbocycles. The fourth-order valence-corrected chi connectivity index (χ4v) is 6.82. The number of likely N-dealkylation sites (tertiary alicyclic amines) is 1. The molecule has 2 aliphatic heterocycles. The van der Waals surface area contributed by atoms with Crippen LogP contribution in [0.25, 0.3) is 17.1 Å². The molecule has 270 valence electrons. The third-order valence-electron chi connectivity index (χ3n) is 9.43. The molecule has 1 aromatic carbocycles. The highest BCUT2D eigenvalue weighted by molar-refractivity contribution is 6.34. The molecule has 4 aromatic rings. The quantitative estimate of drug-likeness (QED) is 0.246. The molecule has 3 aromatic heterocycles. The minimum Gasteiger partial charge on any atom is -0.387 e. The maximum atomic E-state index is 14.1. The molecular formula is C33H37ClF3N10O4+. The third-order valence-corrected chi connectivity index (χ3v) is 9.74. The number of halogens is 4. The van der Waals surface area contributed by atoms with Crippen molar-refractivity contribution >= 4 is 40.7 Å². The first-order chi connectivity index (χ1) is 24.1. The van der Waals surface area contributed by atoms with Gasteiger partial charge in [-0.2, -0.15) is 18.3 Å². The number of nitrogens with one attached hydrogen (secondary N) is 2. The molecule has 0 unspecified atom stereocenters. The lowest BCUT2D eigenvalue weighted by atomic mass is 10.1. The van der Waals surface area contributed by atoms with Crippen LogP contribution in [-0.4, -0.2) is 127 Å². The van der Waals surface area contributed by atoms with Gasteiger partial charge in [0, 0.05) is 58.6 Å². The van der Waals surface area contributed by atoms with Crippen LogP contribution in [0.15, 0.2) is 48.9 Å². The average molecular weight is 730 g/mol. The molecule has 14 nitrogen and oxygen atoms in total. The van der Waals surface area contributed by atoms with Crippen LogP contribution in [0.2, 0.25) is 5.02 Å². The van der Waals surface area contributed by atoms with Gasteiger partial charge in [-0.25, -0.2) is 14.6 Å². The zero-order valence-electron chi connectivity index (χ0n) is 28.3. The molecule has 0 spiro atoms. The van der Waals surface area contributed by atoms with Crippen molar-refractivity contribution in [3.63, 3.8) is 0 Å². The van der Waals surface area contributed by atoms with E-state index >= 15 is 0 Å². The molecule has 5 heterocycles. The Balaban J connectivity index is 1.13. The number of amides is 3. The van der Waals surface area contributed by atoms with Crippen LogP contribution in [0, 0.1) is 0 Å². The van der Waals surface area contributed by atoms with Gasteiger partial charge in [0.1, 0.15) is 6.10 Å². The van der Waals surface area contributed by atoms with Crippen LogP contribution >= 0.6 is 11.6 Å². The van der Waals surface area contributed by atoms with E-state index in [0.717, 1.165) is 10.9 Å². The summed E-state index contributed by atoms with van der Waals surface area (Å²) in [6, 6.07) is 6.98. The lowest BCUT2D eigenvalue weighted by Gasteiger charge is -2.39. The first-order valence-electron chi connectivity index (χ1n) is 16.1. The van der Waals surface area contributed by atoms with Gasteiger partial charge >= 0.3 is 6.18 Å². The summed E-state index contributed by atoms with van der Waals surface area (Å²) in [6.45, 7) is 1.90. The predicted octanol–water partition coefficient (Wildman–Crippen LogP) is 3.13. The number of nitrogens with zero attached hydrogens (tertiary/aromatic N) is 8. The van der Waals surface area contributed by atoms with E-state index in [1.165, 1.54) is 48.3 Å². The van der Waals surface area contributed by atoms with Crippen LogP contribution in [-0.2, 0) is 18.0 Å². The third kappa shape index (κ3) is 7.00. The summed E-state index contributed by atoms with van der Waals surface area (Å²) in [5.74, 6) is -1.22. The van der Waals surface area contributed by atoms with Crippen LogP contribution in [0.4, 0.5) is 24.5 Å². The topological polar surface area (TPSA) is 151 Å². The molecule has 3 N–H and O–H groups in total. The maximum absolute atomic E-state index is 14.1. The standard InChI is InChI=1S/C33H36ClF3N10O4/c1-38-20-6-8-26(39-16-20)46-18-22(28(42-46)33(35,36)37)24-17-40-29(43(24)2)30(49)41-19-5-7-21(23(34)15-19)31(50)44-10-12-45(13-11-44)32(51)27-25(48)9-14-47(27,3)4/h5-8,15-18,25,27,38,48H,9-14H2,1-4H3/p+1/t25-,27-/m0/s1. The van der Waals surface area contributed by atoms with E-state index in [2.05, 4.69) is 25.7 Å². The second-order valence-corrected chi connectivity index (χ2v) is 13.5. The molecule has 0 radical (unpaired) electrons. The Kier molecular flexibility index (Phi) is 9.56. The van der Waals surface area contributed by atoms with Gasteiger partial charge in [-0.3, -0.25) is 14.4 Å². The number of anilines is 2. The van der Waals surface area contributed by atoms with Crippen molar-refractivity contribution in [3.05, 3.63) is 71.0 Å². The van der Waals surface area contributed by atoms with Crippen molar-refractivity contribution in [1.82, 2.24) is 34.1 Å². The number of pyridine rings is 1. The highest BCUT2D eigenvalue weighted by atomic mass is 35.5. The molecule has 2 atom stereocenters. The zero-order valence-corrected chi connectivity index (χ0v) is 29.0. The average Bonchev–Trinajstić information content (AvgIpc) is 3.78. The fraction of sp³-hybridized carbons (Fsp3) is 0.394. The van der Waals surface area contributed by atoms with E-state index in [1.54, 1.807) is 22.9 Å². The molecule has 2 aliphatic rings. The summed E-state index contributed by atoms with van der Waals surface area (Å²) in [6.07, 6.45) is -1.17. The van der Waals surface area contributed by atoms with Gasteiger partial charge in [-0.05, 0) is 30.3 Å². The van der Waals surface area contributed by atoms with Crippen molar-refractivity contribution < 1.29 is 37.1 Å². The minimum atomic E-state index is -4.81. The Morgan fingerprint density at radius 2 is 1.69 bits per heavy atom. The van der Waals surface area contributed by atoms with E-state index in [9.17, 15) is 32.7 Å². The van der Waals surface area contributed by atoms with Gasteiger partial charge in [0.05, 0.1) is 60.6 Å². The number of alkyl halides is 3. The number of aliphatic hydroxyl groups excluding tert-OH is 1. The van der Waals surface area contributed by atoms with Crippen LogP contribution in [0.3, 0.4) is 0 Å². The lowest BCUT2D eigenvalue weighted by molar-refractivity contribution is -0.895. The molecule has 6 rings (SSSR count).